The molecule has 0 aliphatic carbocycles. The van der Waals surface area contributed by atoms with Gasteiger partial charge >= 0.3 is 5.97 Å². The number of aromatic amines is 1. The standard InChI is InChI=1S/C23H25N3O5/c1-3-12-25(13-17-10-8-16(2)9-11-17)20(27)15-31-21(28)14-26-23(30)19-7-5-4-6-18(19)22(29)24-26/h4-11H,3,12-15H2,1-2H3,(H,24,29). The largest absolute Gasteiger partial charge is 0.454 e. The minimum Gasteiger partial charge on any atom is -0.454 e. The number of carbonyl (C=O) groups excluding carboxylic acids is 2. The predicted molar refractivity (Wildman–Crippen MR) is 117 cm³/mol. The third-order valence-electron chi connectivity index (χ3n) is 4.87. The summed E-state index contributed by atoms with van der Waals surface area (Å²) in [6.07, 6.45) is 0.763. The molecular formula is C23H25N3O5. The van der Waals surface area contributed by atoms with E-state index in [4.69, 9.17) is 4.74 Å². The summed E-state index contributed by atoms with van der Waals surface area (Å²) in [7, 11) is 0. The number of amides is 1. The van der Waals surface area contributed by atoms with Gasteiger partial charge in [0, 0.05) is 13.1 Å². The molecule has 1 amide bonds. The Morgan fingerprint density at radius 2 is 1.71 bits per heavy atom. The Hall–Kier alpha value is -3.68. The molecule has 0 saturated carbocycles. The van der Waals surface area contributed by atoms with E-state index in [1.807, 2.05) is 38.1 Å². The van der Waals surface area contributed by atoms with Crippen molar-refractivity contribution in [2.45, 2.75) is 33.4 Å². The molecule has 1 N–H and O–H groups in total. The molecule has 0 aliphatic heterocycles. The highest BCUT2D eigenvalue weighted by atomic mass is 16.5. The van der Waals surface area contributed by atoms with E-state index in [0.717, 1.165) is 22.2 Å². The maximum Gasteiger partial charge on any atom is 0.328 e. The monoisotopic (exact) mass is 423 g/mol. The summed E-state index contributed by atoms with van der Waals surface area (Å²) in [4.78, 5) is 51.0. The van der Waals surface area contributed by atoms with Gasteiger partial charge in [0.15, 0.2) is 6.61 Å². The Morgan fingerprint density at radius 3 is 2.39 bits per heavy atom. The molecule has 3 aromatic rings. The second-order valence-electron chi connectivity index (χ2n) is 7.34. The Morgan fingerprint density at radius 1 is 1.03 bits per heavy atom. The van der Waals surface area contributed by atoms with E-state index >= 15 is 0 Å². The van der Waals surface area contributed by atoms with E-state index in [1.165, 1.54) is 12.1 Å². The molecule has 0 unspecified atom stereocenters. The summed E-state index contributed by atoms with van der Waals surface area (Å²) in [6.45, 7) is 3.98. The number of nitrogens with zero attached hydrogens (tertiary/aromatic N) is 2. The molecule has 0 bridgehead atoms. The van der Waals surface area contributed by atoms with Crippen molar-refractivity contribution in [1.29, 1.82) is 0 Å². The van der Waals surface area contributed by atoms with Gasteiger partial charge in [-0.05, 0) is 31.0 Å². The number of ether oxygens (including phenoxy) is 1. The van der Waals surface area contributed by atoms with Gasteiger partial charge in [0.1, 0.15) is 6.54 Å². The van der Waals surface area contributed by atoms with Gasteiger partial charge in [0.25, 0.3) is 17.0 Å². The van der Waals surface area contributed by atoms with Crippen molar-refractivity contribution in [3.8, 4) is 0 Å². The molecule has 162 valence electrons. The number of hydrogen-bond donors (Lipinski definition) is 1. The number of aromatic nitrogens is 2. The minimum atomic E-state index is -0.784. The zero-order valence-electron chi connectivity index (χ0n) is 17.6. The van der Waals surface area contributed by atoms with Crippen LogP contribution in [-0.2, 0) is 27.4 Å². The van der Waals surface area contributed by atoms with Crippen molar-refractivity contribution in [1.82, 2.24) is 14.7 Å². The van der Waals surface area contributed by atoms with Crippen molar-refractivity contribution in [2.24, 2.45) is 0 Å². The molecule has 0 fully saturated rings. The van der Waals surface area contributed by atoms with Crippen LogP contribution in [0.3, 0.4) is 0 Å². The average molecular weight is 423 g/mol. The SMILES string of the molecule is CCCN(Cc1ccc(C)cc1)C(=O)COC(=O)Cn1[nH]c(=O)c2ccccc2c1=O. The van der Waals surface area contributed by atoms with Crippen LogP contribution in [0.5, 0.6) is 0 Å². The van der Waals surface area contributed by atoms with Gasteiger partial charge in [0.05, 0.1) is 10.8 Å². The lowest BCUT2D eigenvalue weighted by molar-refractivity contribution is -0.153. The van der Waals surface area contributed by atoms with Crippen LogP contribution in [0.15, 0.2) is 58.1 Å². The number of carbonyl (C=O) groups is 2. The Bertz CT molecular complexity index is 1190. The van der Waals surface area contributed by atoms with Crippen molar-refractivity contribution < 1.29 is 14.3 Å². The number of rotatable bonds is 8. The van der Waals surface area contributed by atoms with Gasteiger partial charge in [-0.1, -0.05) is 48.9 Å². The van der Waals surface area contributed by atoms with E-state index in [0.29, 0.717) is 13.1 Å². The van der Waals surface area contributed by atoms with Crippen LogP contribution >= 0.6 is 0 Å². The van der Waals surface area contributed by atoms with E-state index < -0.39 is 30.2 Å². The highest BCUT2D eigenvalue weighted by molar-refractivity contribution is 5.82. The van der Waals surface area contributed by atoms with Crippen LogP contribution in [-0.4, -0.2) is 39.7 Å². The third kappa shape index (κ3) is 5.48. The Kier molecular flexibility index (Phi) is 7.02. The smallest absolute Gasteiger partial charge is 0.328 e. The molecule has 0 aliphatic rings. The summed E-state index contributed by atoms with van der Waals surface area (Å²) < 4.78 is 5.98. The number of esters is 1. The van der Waals surface area contributed by atoms with Crippen LogP contribution in [0.25, 0.3) is 10.8 Å². The Labute approximate surface area is 179 Å². The summed E-state index contributed by atoms with van der Waals surface area (Å²) >= 11 is 0. The van der Waals surface area contributed by atoms with Gasteiger partial charge in [-0.2, -0.15) is 0 Å². The first-order valence-electron chi connectivity index (χ1n) is 10.1. The molecule has 0 radical (unpaired) electrons. The molecule has 0 spiro atoms. The van der Waals surface area contributed by atoms with Crippen molar-refractivity contribution in [2.75, 3.05) is 13.2 Å². The first-order chi connectivity index (χ1) is 14.9. The van der Waals surface area contributed by atoms with E-state index in [9.17, 15) is 19.2 Å². The number of nitrogens with one attached hydrogen (secondary N) is 1. The zero-order valence-corrected chi connectivity index (χ0v) is 17.6. The highest BCUT2D eigenvalue weighted by Gasteiger charge is 2.17. The van der Waals surface area contributed by atoms with Gasteiger partial charge in [-0.25, -0.2) is 4.68 Å². The van der Waals surface area contributed by atoms with Crippen molar-refractivity contribution in [3.63, 3.8) is 0 Å². The summed E-state index contributed by atoms with van der Waals surface area (Å²) in [5.41, 5.74) is 1.13. The number of aryl methyl sites for hydroxylation is 1. The predicted octanol–water partition coefficient (Wildman–Crippen LogP) is 1.98. The van der Waals surface area contributed by atoms with Gasteiger partial charge in [-0.15, -0.1) is 0 Å². The van der Waals surface area contributed by atoms with E-state index in [-0.39, 0.29) is 16.7 Å². The fraction of sp³-hybridized carbons (Fsp3) is 0.304. The van der Waals surface area contributed by atoms with Crippen LogP contribution < -0.4 is 11.1 Å². The molecular weight excluding hydrogens is 398 g/mol. The highest BCUT2D eigenvalue weighted by Crippen LogP contribution is 2.08. The molecule has 0 atom stereocenters. The number of H-pyrrole nitrogens is 1. The average Bonchev–Trinajstić information content (AvgIpc) is 2.77. The Balaban J connectivity index is 1.64. The van der Waals surface area contributed by atoms with Gasteiger partial charge in [0.2, 0.25) is 0 Å². The third-order valence-corrected chi connectivity index (χ3v) is 4.87. The lowest BCUT2D eigenvalue weighted by atomic mass is 10.1. The van der Waals surface area contributed by atoms with E-state index in [1.54, 1.807) is 17.0 Å². The molecule has 3 rings (SSSR count). The number of benzene rings is 2. The number of fused-ring (bicyclic) bond motifs is 1. The lowest BCUT2D eigenvalue weighted by Crippen LogP contribution is -2.36. The van der Waals surface area contributed by atoms with E-state index in [2.05, 4.69) is 5.10 Å². The first-order valence-corrected chi connectivity index (χ1v) is 10.1. The van der Waals surface area contributed by atoms with Crippen LogP contribution in [0, 0.1) is 6.92 Å². The second-order valence-corrected chi connectivity index (χ2v) is 7.34. The summed E-state index contributed by atoms with van der Waals surface area (Å²) in [5, 5.41) is 2.83. The number of hydrogen-bond acceptors (Lipinski definition) is 5. The topological polar surface area (TPSA) is 101 Å². The molecule has 31 heavy (non-hydrogen) atoms. The second kappa shape index (κ2) is 9.88. The molecule has 2 aromatic carbocycles. The van der Waals surface area contributed by atoms with Gasteiger partial charge in [-0.3, -0.25) is 24.3 Å². The fourth-order valence-corrected chi connectivity index (χ4v) is 3.24. The van der Waals surface area contributed by atoms with Gasteiger partial charge < -0.3 is 9.64 Å². The maximum absolute atomic E-state index is 12.6. The summed E-state index contributed by atoms with van der Waals surface area (Å²) in [6, 6.07) is 14.2. The first kappa shape index (κ1) is 22.0. The quantitative estimate of drug-likeness (QED) is 0.558. The molecule has 8 nitrogen and oxygen atoms in total. The van der Waals surface area contributed by atoms with Crippen LogP contribution in [0.4, 0.5) is 0 Å². The van der Waals surface area contributed by atoms with Crippen molar-refractivity contribution in [3.05, 3.63) is 80.4 Å². The zero-order chi connectivity index (χ0) is 22.4. The molecule has 0 saturated heterocycles. The molecule has 1 heterocycles. The molecule has 1 aromatic heterocycles. The van der Waals surface area contributed by atoms with Crippen LogP contribution in [0.2, 0.25) is 0 Å². The fourth-order valence-electron chi connectivity index (χ4n) is 3.24. The normalized spacial score (nSPS) is 10.8. The minimum absolute atomic E-state index is 0.211. The maximum atomic E-state index is 12.6. The molecule has 8 heteroatoms. The van der Waals surface area contributed by atoms with Crippen molar-refractivity contribution >= 4 is 22.6 Å². The van der Waals surface area contributed by atoms with Crippen LogP contribution in [0.1, 0.15) is 24.5 Å². The lowest BCUT2D eigenvalue weighted by Gasteiger charge is -2.22. The summed E-state index contributed by atoms with van der Waals surface area (Å²) in [5.74, 6) is -1.11.